The first kappa shape index (κ1) is 13.7. The maximum atomic E-state index is 13.6. The van der Waals surface area contributed by atoms with Gasteiger partial charge in [-0.05, 0) is 37.3 Å². The second kappa shape index (κ2) is 5.48. The van der Waals surface area contributed by atoms with E-state index in [1.54, 1.807) is 6.07 Å². The van der Waals surface area contributed by atoms with Gasteiger partial charge in [0, 0.05) is 9.79 Å². The van der Waals surface area contributed by atoms with Gasteiger partial charge in [-0.25, -0.2) is 13.2 Å². The van der Waals surface area contributed by atoms with Crippen LogP contribution >= 0.6 is 11.8 Å². The van der Waals surface area contributed by atoms with Crippen LogP contribution in [0.2, 0.25) is 0 Å². The van der Waals surface area contributed by atoms with Crippen molar-refractivity contribution in [2.75, 3.05) is 0 Å². The average Bonchev–Trinajstić information content (AvgIpc) is 2.33. The molecule has 0 bridgehead atoms. The summed E-state index contributed by atoms with van der Waals surface area (Å²) < 4.78 is 39.5. The second-order valence-corrected chi connectivity index (χ2v) is 4.96. The number of carbonyl (C=O) groups excluding carboxylic acids is 1. The van der Waals surface area contributed by atoms with Crippen molar-refractivity contribution >= 4 is 17.5 Å². The lowest BCUT2D eigenvalue weighted by Crippen LogP contribution is -1.99. The molecule has 0 heterocycles. The molecule has 0 aliphatic heterocycles. The van der Waals surface area contributed by atoms with Crippen molar-refractivity contribution in [2.45, 2.75) is 16.7 Å². The molecule has 0 saturated heterocycles. The molecule has 0 saturated carbocycles. The molecule has 2 aromatic rings. The predicted octanol–water partition coefficient (Wildman–Crippen LogP) is 4.46. The largest absolute Gasteiger partial charge is 0.294 e. The van der Waals surface area contributed by atoms with Crippen LogP contribution in [0.4, 0.5) is 13.2 Å². The van der Waals surface area contributed by atoms with Crippen LogP contribution in [0.25, 0.3) is 0 Å². The third kappa shape index (κ3) is 2.98. The first-order chi connectivity index (χ1) is 8.99. The summed E-state index contributed by atoms with van der Waals surface area (Å²) in [4.78, 5) is 12.2. The number of carbonyl (C=O) groups is 1. The Morgan fingerprint density at radius 1 is 1.00 bits per heavy atom. The van der Waals surface area contributed by atoms with Gasteiger partial charge in [-0.3, -0.25) is 4.79 Å². The molecule has 0 aliphatic carbocycles. The maximum Gasteiger partial charge on any atom is 0.163 e. The molecular formula is C14H9F3OS. The van der Waals surface area contributed by atoms with E-state index in [1.165, 1.54) is 25.1 Å². The van der Waals surface area contributed by atoms with Crippen LogP contribution in [-0.4, -0.2) is 5.78 Å². The third-order valence-corrected chi connectivity index (χ3v) is 3.50. The molecule has 0 radical (unpaired) electrons. The lowest BCUT2D eigenvalue weighted by Gasteiger charge is -2.07. The van der Waals surface area contributed by atoms with Crippen molar-refractivity contribution in [1.82, 2.24) is 0 Å². The lowest BCUT2D eigenvalue weighted by atomic mass is 10.1. The van der Waals surface area contributed by atoms with E-state index in [0.29, 0.717) is 9.79 Å². The summed E-state index contributed by atoms with van der Waals surface area (Å²) in [7, 11) is 0. The van der Waals surface area contributed by atoms with E-state index in [9.17, 15) is 18.0 Å². The highest BCUT2D eigenvalue weighted by molar-refractivity contribution is 7.99. The van der Waals surface area contributed by atoms with Crippen molar-refractivity contribution in [3.63, 3.8) is 0 Å². The molecule has 0 N–H and O–H groups in total. The van der Waals surface area contributed by atoms with E-state index < -0.39 is 23.2 Å². The Bertz CT molecular complexity index is 641. The van der Waals surface area contributed by atoms with E-state index in [0.717, 1.165) is 23.9 Å². The molecule has 0 spiro atoms. The molecule has 0 amide bonds. The summed E-state index contributed by atoms with van der Waals surface area (Å²) in [6.45, 7) is 1.26. The Morgan fingerprint density at radius 3 is 2.37 bits per heavy atom. The SMILES string of the molecule is CC(=O)c1c(F)cccc1Sc1ccc(F)c(F)c1. The van der Waals surface area contributed by atoms with Crippen LogP contribution < -0.4 is 0 Å². The number of rotatable bonds is 3. The molecule has 98 valence electrons. The van der Waals surface area contributed by atoms with Gasteiger partial charge in [0.25, 0.3) is 0 Å². The number of Topliss-reactive ketones (excluding diaryl/α,β-unsaturated/α-hetero) is 1. The fourth-order valence-corrected chi connectivity index (χ4v) is 2.64. The zero-order valence-corrected chi connectivity index (χ0v) is 10.7. The Labute approximate surface area is 112 Å². The van der Waals surface area contributed by atoms with Crippen molar-refractivity contribution < 1.29 is 18.0 Å². The molecule has 1 nitrogen and oxygen atoms in total. The number of benzene rings is 2. The van der Waals surface area contributed by atoms with Gasteiger partial charge in [-0.15, -0.1) is 0 Å². The third-order valence-electron chi connectivity index (χ3n) is 2.45. The van der Waals surface area contributed by atoms with E-state index in [-0.39, 0.29) is 5.56 Å². The van der Waals surface area contributed by atoms with E-state index in [1.807, 2.05) is 0 Å². The van der Waals surface area contributed by atoms with Crippen molar-refractivity contribution in [2.24, 2.45) is 0 Å². The fraction of sp³-hybridized carbons (Fsp3) is 0.0714. The first-order valence-corrected chi connectivity index (χ1v) is 6.23. The fourth-order valence-electron chi connectivity index (χ4n) is 1.60. The van der Waals surface area contributed by atoms with Gasteiger partial charge in [0.05, 0.1) is 5.56 Å². The van der Waals surface area contributed by atoms with E-state index >= 15 is 0 Å². The molecule has 5 heteroatoms. The van der Waals surface area contributed by atoms with Crippen LogP contribution in [0, 0.1) is 17.5 Å². The van der Waals surface area contributed by atoms with Gasteiger partial charge >= 0.3 is 0 Å². The van der Waals surface area contributed by atoms with Gasteiger partial charge in [0.2, 0.25) is 0 Å². The van der Waals surface area contributed by atoms with Gasteiger partial charge in [0.15, 0.2) is 17.4 Å². The van der Waals surface area contributed by atoms with Crippen molar-refractivity contribution in [1.29, 1.82) is 0 Å². The number of hydrogen-bond acceptors (Lipinski definition) is 2. The highest BCUT2D eigenvalue weighted by Crippen LogP contribution is 2.32. The lowest BCUT2D eigenvalue weighted by molar-refractivity contribution is 0.101. The number of hydrogen-bond donors (Lipinski definition) is 0. The molecule has 2 aromatic carbocycles. The van der Waals surface area contributed by atoms with Crippen LogP contribution in [0.1, 0.15) is 17.3 Å². The highest BCUT2D eigenvalue weighted by Gasteiger charge is 2.14. The van der Waals surface area contributed by atoms with Gasteiger partial charge < -0.3 is 0 Å². The number of ketones is 1. The summed E-state index contributed by atoms with van der Waals surface area (Å²) >= 11 is 1.01. The Morgan fingerprint density at radius 2 is 1.74 bits per heavy atom. The Balaban J connectivity index is 2.40. The minimum atomic E-state index is -0.981. The monoisotopic (exact) mass is 282 g/mol. The van der Waals surface area contributed by atoms with Gasteiger partial charge in [-0.2, -0.15) is 0 Å². The zero-order chi connectivity index (χ0) is 14.0. The Kier molecular flexibility index (Phi) is 3.95. The van der Waals surface area contributed by atoms with Crippen LogP contribution in [-0.2, 0) is 0 Å². The highest BCUT2D eigenvalue weighted by atomic mass is 32.2. The zero-order valence-electron chi connectivity index (χ0n) is 9.91. The molecular weight excluding hydrogens is 273 g/mol. The van der Waals surface area contributed by atoms with Gasteiger partial charge in [0.1, 0.15) is 5.82 Å². The summed E-state index contributed by atoms with van der Waals surface area (Å²) in [5.74, 6) is -2.97. The standard InChI is InChI=1S/C14H9F3OS/c1-8(18)14-11(16)3-2-4-13(14)19-9-5-6-10(15)12(17)7-9/h2-7H,1H3. The van der Waals surface area contributed by atoms with Crippen molar-refractivity contribution in [3.05, 3.63) is 59.4 Å². The molecule has 0 fully saturated rings. The normalized spacial score (nSPS) is 10.5. The molecule has 19 heavy (non-hydrogen) atoms. The smallest absolute Gasteiger partial charge is 0.163 e. The maximum absolute atomic E-state index is 13.6. The summed E-state index contributed by atoms with van der Waals surface area (Å²) in [5.41, 5.74) is -0.0442. The second-order valence-electron chi connectivity index (χ2n) is 3.85. The average molecular weight is 282 g/mol. The summed E-state index contributed by atoms with van der Waals surface area (Å²) in [6.07, 6.45) is 0. The topological polar surface area (TPSA) is 17.1 Å². The van der Waals surface area contributed by atoms with Crippen LogP contribution in [0.15, 0.2) is 46.2 Å². The molecule has 2 rings (SSSR count). The molecule has 0 unspecified atom stereocenters. The molecule has 0 atom stereocenters. The minimum absolute atomic E-state index is 0.0442. The molecule has 0 aliphatic rings. The van der Waals surface area contributed by atoms with Gasteiger partial charge in [-0.1, -0.05) is 17.8 Å². The summed E-state index contributed by atoms with van der Waals surface area (Å²) in [5, 5.41) is 0. The predicted molar refractivity (Wildman–Crippen MR) is 66.9 cm³/mol. The van der Waals surface area contributed by atoms with Crippen LogP contribution in [0.5, 0.6) is 0 Å². The van der Waals surface area contributed by atoms with E-state index in [2.05, 4.69) is 0 Å². The Hall–Kier alpha value is -1.75. The number of halogens is 3. The van der Waals surface area contributed by atoms with E-state index in [4.69, 9.17) is 0 Å². The first-order valence-electron chi connectivity index (χ1n) is 5.41. The summed E-state index contributed by atoms with van der Waals surface area (Å²) in [6, 6.07) is 7.58. The van der Waals surface area contributed by atoms with Crippen molar-refractivity contribution in [3.8, 4) is 0 Å². The quantitative estimate of drug-likeness (QED) is 0.773. The molecule has 0 aromatic heterocycles. The van der Waals surface area contributed by atoms with Crippen LogP contribution in [0.3, 0.4) is 0 Å². The minimum Gasteiger partial charge on any atom is -0.294 e.